The van der Waals surface area contributed by atoms with Crippen molar-refractivity contribution in [1.82, 2.24) is 15.0 Å². The predicted octanol–water partition coefficient (Wildman–Crippen LogP) is 1.69. The second kappa shape index (κ2) is 5.28. The molecule has 0 saturated heterocycles. The van der Waals surface area contributed by atoms with Gasteiger partial charge in [0, 0.05) is 6.54 Å². The number of anilines is 1. The van der Waals surface area contributed by atoms with Crippen LogP contribution in [0.1, 0.15) is 6.42 Å². The van der Waals surface area contributed by atoms with Crippen LogP contribution >= 0.6 is 23.1 Å². The standard InChI is InChI=1S/C9H10N4O2S2/c1-16-9-13-8-6(17-9)7(11-4-12-8)10-3-2-5(14)15/h4H,2-3H2,1H3,(H,14,15)(H,10,11,12). The number of hydrogen-bond acceptors (Lipinski definition) is 7. The lowest BCUT2D eigenvalue weighted by molar-refractivity contribution is -0.136. The Morgan fingerprint density at radius 2 is 2.41 bits per heavy atom. The summed E-state index contributed by atoms with van der Waals surface area (Å²) >= 11 is 3.05. The van der Waals surface area contributed by atoms with Crippen molar-refractivity contribution in [3.8, 4) is 0 Å². The van der Waals surface area contributed by atoms with Crippen LogP contribution in [0, 0.1) is 0 Å². The minimum absolute atomic E-state index is 0.0552. The highest BCUT2D eigenvalue weighted by Gasteiger charge is 2.09. The van der Waals surface area contributed by atoms with Crippen molar-refractivity contribution in [3.05, 3.63) is 6.33 Å². The Morgan fingerprint density at radius 1 is 1.59 bits per heavy atom. The van der Waals surface area contributed by atoms with E-state index in [0.717, 1.165) is 9.04 Å². The molecule has 2 aromatic heterocycles. The third kappa shape index (κ3) is 2.83. The van der Waals surface area contributed by atoms with E-state index in [0.29, 0.717) is 18.0 Å². The van der Waals surface area contributed by atoms with Crippen LogP contribution in [-0.2, 0) is 4.79 Å². The Hall–Kier alpha value is -1.41. The van der Waals surface area contributed by atoms with E-state index in [4.69, 9.17) is 5.11 Å². The molecular weight excluding hydrogens is 260 g/mol. The molecule has 0 aliphatic rings. The molecule has 2 heterocycles. The molecule has 0 bridgehead atoms. The Kier molecular flexibility index (Phi) is 3.75. The predicted molar refractivity (Wildman–Crippen MR) is 67.7 cm³/mol. The van der Waals surface area contributed by atoms with Crippen LogP contribution in [0.5, 0.6) is 0 Å². The highest BCUT2D eigenvalue weighted by atomic mass is 32.2. The molecule has 0 aliphatic heterocycles. The lowest BCUT2D eigenvalue weighted by Crippen LogP contribution is -2.08. The molecule has 0 spiro atoms. The van der Waals surface area contributed by atoms with Crippen molar-refractivity contribution in [2.24, 2.45) is 0 Å². The van der Waals surface area contributed by atoms with Crippen molar-refractivity contribution in [3.63, 3.8) is 0 Å². The molecule has 0 radical (unpaired) electrons. The molecule has 0 atom stereocenters. The lowest BCUT2D eigenvalue weighted by Gasteiger charge is -2.02. The number of carboxylic acid groups (broad SMARTS) is 1. The Labute approximate surface area is 106 Å². The fourth-order valence-corrected chi connectivity index (χ4v) is 2.71. The molecule has 2 rings (SSSR count). The number of nitrogens with one attached hydrogen (secondary N) is 1. The van der Waals surface area contributed by atoms with E-state index >= 15 is 0 Å². The summed E-state index contributed by atoms with van der Waals surface area (Å²) in [7, 11) is 0. The van der Waals surface area contributed by atoms with Crippen LogP contribution in [0.2, 0.25) is 0 Å². The van der Waals surface area contributed by atoms with E-state index in [2.05, 4.69) is 20.3 Å². The van der Waals surface area contributed by atoms with Crippen molar-refractivity contribution < 1.29 is 9.90 Å². The van der Waals surface area contributed by atoms with Gasteiger partial charge in [0.05, 0.1) is 6.42 Å². The molecule has 2 N–H and O–H groups in total. The van der Waals surface area contributed by atoms with E-state index in [-0.39, 0.29) is 6.42 Å². The molecule has 0 fully saturated rings. The minimum atomic E-state index is -0.836. The van der Waals surface area contributed by atoms with Gasteiger partial charge in [-0.15, -0.1) is 11.3 Å². The van der Waals surface area contributed by atoms with Crippen LogP contribution in [0.25, 0.3) is 10.3 Å². The molecule has 8 heteroatoms. The highest BCUT2D eigenvalue weighted by molar-refractivity contribution is 8.00. The lowest BCUT2D eigenvalue weighted by atomic mass is 10.4. The summed E-state index contributed by atoms with van der Waals surface area (Å²) < 4.78 is 1.78. The van der Waals surface area contributed by atoms with E-state index in [9.17, 15) is 4.79 Å². The molecule has 0 aromatic carbocycles. The molecule has 17 heavy (non-hydrogen) atoms. The molecule has 0 aliphatic carbocycles. The van der Waals surface area contributed by atoms with Gasteiger partial charge in [0.1, 0.15) is 16.8 Å². The number of carboxylic acids is 1. The van der Waals surface area contributed by atoms with Gasteiger partial charge in [-0.05, 0) is 6.26 Å². The number of aromatic nitrogens is 3. The molecule has 2 aromatic rings. The largest absolute Gasteiger partial charge is 0.481 e. The maximum Gasteiger partial charge on any atom is 0.305 e. The molecule has 0 amide bonds. The van der Waals surface area contributed by atoms with Gasteiger partial charge in [-0.1, -0.05) is 11.8 Å². The fraction of sp³-hybridized carbons (Fsp3) is 0.333. The monoisotopic (exact) mass is 270 g/mol. The van der Waals surface area contributed by atoms with E-state index in [1.54, 1.807) is 11.8 Å². The van der Waals surface area contributed by atoms with Crippen LogP contribution < -0.4 is 5.32 Å². The van der Waals surface area contributed by atoms with Crippen molar-refractivity contribution in [2.45, 2.75) is 10.8 Å². The summed E-state index contributed by atoms with van der Waals surface area (Å²) in [6, 6.07) is 0. The van der Waals surface area contributed by atoms with E-state index in [1.807, 2.05) is 6.26 Å². The van der Waals surface area contributed by atoms with Gasteiger partial charge in [-0.25, -0.2) is 15.0 Å². The summed E-state index contributed by atoms with van der Waals surface area (Å²) in [6.45, 7) is 0.341. The summed E-state index contributed by atoms with van der Waals surface area (Å²) in [5, 5.41) is 11.5. The van der Waals surface area contributed by atoms with Gasteiger partial charge in [-0.3, -0.25) is 4.79 Å². The Morgan fingerprint density at radius 3 is 3.12 bits per heavy atom. The number of thiazole rings is 1. The first kappa shape index (κ1) is 12.1. The Bertz CT molecular complexity index is 543. The van der Waals surface area contributed by atoms with Crippen molar-refractivity contribution in [1.29, 1.82) is 0 Å². The fourth-order valence-electron chi connectivity index (χ4n) is 1.24. The van der Waals surface area contributed by atoms with Gasteiger partial charge >= 0.3 is 5.97 Å². The van der Waals surface area contributed by atoms with Gasteiger partial charge < -0.3 is 10.4 Å². The van der Waals surface area contributed by atoms with Crippen LogP contribution in [-0.4, -0.2) is 38.8 Å². The average Bonchev–Trinajstić information content (AvgIpc) is 2.72. The second-order valence-corrected chi connectivity index (χ2v) is 5.18. The normalized spacial score (nSPS) is 10.6. The first-order chi connectivity index (χ1) is 8.20. The van der Waals surface area contributed by atoms with Crippen LogP contribution in [0.15, 0.2) is 10.7 Å². The third-order valence-electron chi connectivity index (χ3n) is 1.98. The molecule has 0 saturated carbocycles. The zero-order chi connectivity index (χ0) is 12.3. The first-order valence-corrected chi connectivity index (χ1v) is 6.86. The van der Waals surface area contributed by atoms with Crippen molar-refractivity contribution in [2.75, 3.05) is 18.1 Å². The number of fused-ring (bicyclic) bond motifs is 1. The quantitative estimate of drug-likeness (QED) is 0.799. The molecule has 6 nitrogen and oxygen atoms in total. The van der Waals surface area contributed by atoms with Gasteiger partial charge in [-0.2, -0.15) is 0 Å². The molecule has 0 unspecified atom stereocenters. The van der Waals surface area contributed by atoms with Gasteiger partial charge in [0.15, 0.2) is 9.99 Å². The number of hydrogen-bond donors (Lipinski definition) is 2. The minimum Gasteiger partial charge on any atom is -0.481 e. The SMILES string of the molecule is CSc1nc2ncnc(NCCC(=O)O)c2s1. The zero-order valence-corrected chi connectivity index (χ0v) is 10.6. The number of nitrogens with zero attached hydrogens (tertiary/aromatic N) is 3. The van der Waals surface area contributed by atoms with Gasteiger partial charge in [0.2, 0.25) is 0 Å². The average molecular weight is 270 g/mol. The van der Waals surface area contributed by atoms with Crippen LogP contribution in [0.3, 0.4) is 0 Å². The number of aliphatic carboxylic acids is 1. The van der Waals surface area contributed by atoms with Crippen molar-refractivity contribution >= 4 is 45.2 Å². The topological polar surface area (TPSA) is 88.0 Å². The summed E-state index contributed by atoms with van der Waals surface area (Å²) in [5.74, 6) is -0.189. The summed E-state index contributed by atoms with van der Waals surface area (Å²) in [5.41, 5.74) is 0.646. The number of rotatable bonds is 5. The maximum atomic E-state index is 10.4. The van der Waals surface area contributed by atoms with E-state index < -0.39 is 5.97 Å². The van der Waals surface area contributed by atoms with E-state index in [1.165, 1.54) is 17.7 Å². The Balaban J connectivity index is 2.21. The molecular formula is C9H10N4O2S2. The molecule has 90 valence electrons. The smallest absolute Gasteiger partial charge is 0.305 e. The summed E-state index contributed by atoms with van der Waals surface area (Å²) in [6.07, 6.45) is 3.43. The third-order valence-corrected chi connectivity index (χ3v) is 4.01. The van der Waals surface area contributed by atoms with Gasteiger partial charge in [0.25, 0.3) is 0 Å². The number of carbonyl (C=O) groups is 1. The second-order valence-electron chi connectivity index (χ2n) is 3.13. The maximum absolute atomic E-state index is 10.4. The summed E-state index contributed by atoms with van der Waals surface area (Å²) in [4.78, 5) is 22.9. The van der Waals surface area contributed by atoms with Crippen LogP contribution in [0.4, 0.5) is 5.82 Å². The highest BCUT2D eigenvalue weighted by Crippen LogP contribution is 2.30. The first-order valence-electron chi connectivity index (χ1n) is 4.82. The number of thioether (sulfide) groups is 1. The zero-order valence-electron chi connectivity index (χ0n) is 9.01.